The van der Waals surface area contributed by atoms with Gasteiger partial charge in [0, 0.05) is 5.41 Å². The minimum Gasteiger partial charge on any atom is -0.627 e. The van der Waals surface area contributed by atoms with Crippen molar-refractivity contribution in [3.63, 3.8) is 0 Å². The lowest BCUT2D eigenvalue weighted by atomic mass is 9.67. The van der Waals surface area contributed by atoms with Gasteiger partial charge in [-0.1, -0.05) is 32.0 Å². The van der Waals surface area contributed by atoms with E-state index in [-0.39, 0.29) is 15.6 Å². The molecule has 0 aromatic heterocycles. The smallest absolute Gasteiger partial charge is 0.133 e. The van der Waals surface area contributed by atoms with Crippen molar-refractivity contribution in [2.45, 2.75) is 46.1 Å². The Kier molecular flexibility index (Phi) is 2.83. The summed E-state index contributed by atoms with van der Waals surface area (Å²) in [5, 5.41) is 13.3. The van der Waals surface area contributed by atoms with Gasteiger partial charge in [-0.15, -0.1) is 0 Å². The lowest BCUT2D eigenvalue weighted by Crippen LogP contribution is -2.68. The molecule has 1 saturated heterocycles. The summed E-state index contributed by atoms with van der Waals surface area (Å²) in [6, 6.07) is 9.83. The first kappa shape index (κ1) is 12.6. The number of benzene rings is 1. The zero-order chi connectivity index (χ0) is 12.7. The number of hydrogen-bond acceptors (Lipinski definition) is 1. The summed E-state index contributed by atoms with van der Waals surface area (Å²) in [5.74, 6) is 0. The highest BCUT2D eigenvalue weighted by molar-refractivity contribution is 5.46. The third-order valence-corrected chi connectivity index (χ3v) is 5.01. The van der Waals surface area contributed by atoms with Gasteiger partial charge in [0.1, 0.15) is 11.2 Å². The molecular weight excluding hydrogens is 210 g/mol. The van der Waals surface area contributed by atoms with E-state index in [2.05, 4.69) is 27.7 Å². The highest BCUT2D eigenvalue weighted by Gasteiger charge is 2.52. The number of para-hydroxylation sites is 1. The van der Waals surface area contributed by atoms with Crippen molar-refractivity contribution < 1.29 is 0 Å². The van der Waals surface area contributed by atoms with Crippen molar-refractivity contribution in [1.29, 1.82) is 0 Å². The predicted octanol–water partition coefficient (Wildman–Crippen LogP) is 4.09. The van der Waals surface area contributed by atoms with E-state index in [1.807, 2.05) is 30.3 Å². The van der Waals surface area contributed by atoms with E-state index >= 15 is 0 Å². The Bertz CT molecular complexity index is 397. The van der Waals surface area contributed by atoms with Gasteiger partial charge in [-0.3, -0.25) is 0 Å². The molecule has 2 nitrogen and oxygen atoms in total. The Labute approximate surface area is 104 Å². The SMILES string of the molecule is CC1(C)CCC[N+]([O-])(c2ccccc2)C1(C)C. The van der Waals surface area contributed by atoms with Crippen LogP contribution in [0.4, 0.5) is 5.69 Å². The summed E-state index contributed by atoms with van der Waals surface area (Å²) < 4.78 is -0.194. The highest BCUT2D eigenvalue weighted by Crippen LogP contribution is 2.49. The van der Waals surface area contributed by atoms with Crippen LogP contribution >= 0.6 is 0 Å². The standard InChI is InChI=1S/C15H23NO/c1-14(2)11-8-12-16(17,15(14,3)4)13-9-6-5-7-10-13/h5-7,9-10H,8,11-12H2,1-4H3. The summed E-state index contributed by atoms with van der Waals surface area (Å²) in [6.07, 6.45) is 2.14. The zero-order valence-corrected chi connectivity index (χ0v) is 11.4. The van der Waals surface area contributed by atoms with Crippen LogP contribution in [0.2, 0.25) is 0 Å². The van der Waals surface area contributed by atoms with Crippen LogP contribution in [0, 0.1) is 10.6 Å². The first-order chi connectivity index (χ1) is 7.81. The molecule has 0 amide bonds. The average molecular weight is 233 g/mol. The minimum absolute atomic E-state index is 0.0723. The molecule has 0 spiro atoms. The molecule has 1 unspecified atom stereocenters. The maximum absolute atomic E-state index is 13.3. The maximum Gasteiger partial charge on any atom is 0.133 e. The second-order valence-corrected chi connectivity index (χ2v) is 6.35. The molecule has 1 atom stereocenters. The van der Waals surface area contributed by atoms with Crippen molar-refractivity contribution in [3.05, 3.63) is 35.5 Å². The zero-order valence-electron chi connectivity index (χ0n) is 11.4. The van der Waals surface area contributed by atoms with Gasteiger partial charge in [0.2, 0.25) is 0 Å². The van der Waals surface area contributed by atoms with Gasteiger partial charge in [-0.05, 0) is 38.8 Å². The molecule has 0 bridgehead atoms. The van der Waals surface area contributed by atoms with Crippen molar-refractivity contribution >= 4 is 5.69 Å². The Morgan fingerprint density at radius 1 is 1.06 bits per heavy atom. The van der Waals surface area contributed by atoms with E-state index < -0.39 is 0 Å². The van der Waals surface area contributed by atoms with Crippen LogP contribution in [-0.2, 0) is 0 Å². The van der Waals surface area contributed by atoms with Crippen LogP contribution in [0.3, 0.4) is 0 Å². The van der Waals surface area contributed by atoms with Crippen molar-refractivity contribution in [1.82, 2.24) is 4.65 Å². The molecule has 0 N–H and O–H groups in total. The summed E-state index contributed by atoms with van der Waals surface area (Å²) in [5.41, 5.74) is 0.681. The van der Waals surface area contributed by atoms with Crippen LogP contribution in [-0.4, -0.2) is 12.1 Å². The van der Waals surface area contributed by atoms with Crippen molar-refractivity contribution in [2.24, 2.45) is 5.41 Å². The van der Waals surface area contributed by atoms with Gasteiger partial charge in [0.25, 0.3) is 0 Å². The summed E-state index contributed by atoms with van der Waals surface area (Å²) in [7, 11) is 0. The number of rotatable bonds is 1. The molecule has 17 heavy (non-hydrogen) atoms. The third-order valence-electron chi connectivity index (χ3n) is 5.01. The molecule has 0 aliphatic carbocycles. The van der Waals surface area contributed by atoms with E-state index in [0.29, 0.717) is 6.54 Å². The molecule has 2 rings (SSSR count). The highest BCUT2D eigenvalue weighted by atomic mass is 16.6. The Hall–Kier alpha value is -0.860. The van der Waals surface area contributed by atoms with E-state index in [9.17, 15) is 5.21 Å². The topological polar surface area (TPSA) is 23.1 Å². The van der Waals surface area contributed by atoms with E-state index in [0.717, 1.165) is 18.5 Å². The van der Waals surface area contributed by atoms with Crippen LogP contribution < -0.4 is 4.65 Å². The van der Waals surface area contributed by atoms with Gasteiger partial charge < -0.3 is 9.85 Å². The molecule has 1 aromatic rings. The first-order valence-corrected chi connectivity index (χ1v) is 6.46. The van der Waals surface area contributed by atoms with Gasteiger partial charge in [-0.25, -0.2) is 0 Å². The lowest BCUT2D eigenvalue weighted by Gasteiger charge is -2.62. The molecular formula is C15H23NO. The average Bonchev–Trinajstić information content (AvgIpc) is 2.27. The molecule has 1 aliphatic rings. The number of piperidine rings is 1. The van der Waals surface area contributed by atoms with Crippen molar-refractivity contribution in [3.8, 4) is 0 Å². The largest absolute Gasteiger partial charge is 0.627 e. The van der Waals surface area contributed by atoms with E-state index in [1.165, 1.54) is 0 Å². The minimum atomic E-state index is -0.285. The summed E-state index contributed by atoms with van der Waals surface area (Å²) >= 11 is 0. The normalized spacial score (nSPS) is 31.1. The number of hydroxylamine groups is 2. The fourth-order valence-corrected chi connectivity index (χ4v) is 2.94. The monoisotopic (exact) mass is 233 g/mol. The van der Waals surface area contributed by atoms with Gasteiger partial charge in [-0.2, -0.15) is 0 Å². The quantitative estimate of drug-likeness (QED) is 0.529. The number of quaternary nitrogens is 1. The molecule has 0 saturated carbocycles. The molecule has 0 radical (unpaired) electrons. The van der Waals surface area contributed by atoms with Gasteiger partial charge in [0.05, 0.1) is 6.54 Å². The predicted molar refractivity (Wildman–Crippen MR) is 73.6 cm³/mol. The van der Waals surface area contributed by atoms with Gasteiger partial charge >= 0.3 is 0 Å². The molecule has 2 heteroatoms. The molecule has 1 aliphatic heterocycles. The number of hydrogen-bond donors (Lipinski definition) is 0. The summed E-state index contributed by atoms with van der Waals surface area (Å²) in [6.45, 7) is 9.37. The van der Waals surface area contributed by atoms with E-state index in [1.54, 1.807) is 0 Å². The lowest BCUT2D eigenvalue weighted by molar-refractivity contribution is 0.00758. The van der Waals surface area contributed by atoms with E-state index in [4.69, 9.17) is 0 Å². The van der Waals surface area contributed by atoms with Crippen LogP contribution in [0.5, 0.6) is 0 Å². The van der Waals surface area contributed by atoms with Crippen LogP contribution in [0.1, 0.15) is 40.5 Å². The Morgan fingerprint density at radius 3 is 2.24 bits per heavy atom. The fraction of sp³-hybridized carbons (Fsp3) is 0.600. The Balaban J connectivity index is 2.50. The fourth-order valence-electron chi connectivity index (χ4n) is 2.94. The number of nitrogens with zero attached hydrogens (tertiary/aromatic N) is 1. The first-order valence-electron chi connectivity index (χ1n) is 6.46. The molecule has 1 fully saturated rings. The second kappa shape index (κ2) is 3.82. The molecule has 94 valence electrons. The second-order valence-electron chi connectivity index (χ2n) is 6.35. The summed E-state index contributed by atoms with van der Waals surface area (Å²) in [4.78, 5) is 0. The van der Waals surface area contributed by atoms with Crippen LogP contribution in [0.25, 0.3) is 0 Å². The third kappa shape index (κ3) is 1.71. The molecule has 1 aromatic carbocycles. The maximum atomic E-state index is 13.3. The van der Waals surface area contributed by atoms with Crippen LogP contribution in [0.15, 0.2) is 30.3 Å². The molecule has 1 heterocycles. The van der Waals surface area contributed by atoms with Gasteiger partial charge in [0.15, 0.2) is 0 Å². The Morgan fingerprint density at radius 2 is 1.65 bits per heavy atom. The van der Waals surface area contributed by atoms with Crippen molar-refractivity contribution in [2.75, 3.05) is 6.54 Å².